The first-order valence-corrected chi connectivity index (χ1v) is 10.7. The highest BCUT2D eigenvalue weighted by atomic mass is 16.5. The van der Waals surface area contributed by atoms with Gasteiger partial charge in [-0.1, -0.05) is 48.5 Å². The molecule has 7 nitrogen and oxygen atoms in total. The Labute approximate surface area is 181 Å². The number of carboxylic acids is 1. The lowest BCUT2D eigenvalue weighted by atomic mass is 9.98. The summed E-state index contributed by atoms with van der Waals surface area (Å²) in [7, 11) is 0. The fraction of sp³-hybridized carbons (Fsp3) is 0.375. The van der Waals surface area contributed by atoms with E-state index in [1.807, 2.05) is 24.3 Å². The van der Waals surface area contributed by atoms with Crippen molar-refractivity contribution in [3.05, 3.63) is 59.7 Å². The third-order valence-electron chi connectivity index (χ3n) is 6.06. The summed E-state index contributed by atoms with van der Waals surface area (Å²) < 4.78 is 5.46. The first-order chi connectivity index (χ1) is 15.1. The summed E-state index contributed by atoms with van der Waals surface area (Å²) in [5.41, 5.74) is 4.59. The maximum Gasteiger partial charge on any atom is 0.407 e. The molecule has 2 aromatic carbocycles. The van der Waals surface area contributed by atoms with Gasteiger partial charge in [0.05, 0.1) is 0 Å². The zero-order valence-electron chi connectivity index (χ0n) is 17.3. The Morgan fingerprint density at radius 3 is 2.29 bits per heavy atom. The SMILES string of the molecule is O=C(NCCC(=O)N1CCCC[C@H]1C(=O)O)OCC1c2ccccc2-c2ccccc21. The van der Waals surface area contributed by atoms with Crippen molar-refractivity contribution in [1.29, 1.82) is 0 Å². The summed E-state index contributed by atoms with van der Waals surface area (Å²) in [6, 6.07) is 15.4. The number of piperidine rings is 1. The van der Waals surface area contributed by atoms with Gasteiger partial charge in [0.15, 0.2) is 0 Å². The number of benzene rings is 2. The highest BCUT2D eigenvalue weighted by molar-refractivity contribution is 5.84. The number of carbonyl (C=O) groups excluding carboxylic acids is 2. The number of alkyl carbamates (subject to hydrolysis) is 1. The largest absolute Gasteiger partial charge is 0.480 e. The maximum atomic E-state index is 12.4. The molecule has 1 fully saturated rings. The van der Waals surface area contributed by atoms with Crippen LogP contribution in [0.5, 0.6) is 0 Å². The zero-order valence-corrected chi connectivity index (χ0v) is 17.3. The van der Waals surface area contributed by atoms with Crippen molar-refractivity contribution in [3.8, 4) is 11.1 Å². The number of likely N-dealkylation sites (tertiary alicyclic amines) is 1. The summed E-state index contributed by atoms with van der Waals surface area (Å²) in [5.74, 6) is -1.26. The van der Waals surface area contributed by atoms with Gasteiger partial charge in [0.2, 0.25) is 5.91 Å². The number of nitrogens with one attached hydrogen (secondary N) is 1. The number of hydrogen-bond donors (Lipinski definition) is 2. The molecule has 0 aromatic heterocycles. The molecule has 0 unspecified atom stereocenters. The lowest BCUT2D eigenvalue weighted by Crippen LogP contribution is -2.48. The zero-order chi connectivity index (χ0) is 21.8. The predicted octanol–water partition coefficient (Wildman–Crippen LogP) is 3.38. The standard InChI is InChI=1S/C24H26N2O5/c27-22(26-14-6-5-11-21(26)23(28)29)12-13-25-24(30)31-15-20-18-9-3-1-7-16(18)17-8-2-4-10-19(17)20/h1-4,7-10,20-21H,5-6,11-15H2,(H,25,30)(H,28,29)/t21-/m0/s1. The van der Waals surface area contributed by atoms with Gasteiger partial charge >= 0.3 is 12.1 Å². The lowest BCUT2D eigenvalue weighted by molar-refractivity contribution is -0.152. The Morgan fingerprint density at radius 1 is 1.00 bits per heavy atom. The quantitative estimate of drug-likeness (QED) is 0.744. The van der Waals surface area contributed by atoms with Gasteiger partial charge in [0, 0.05) is 25.4 Å². The average Bonchev–Trinajstić information content (AvgIpc) is 3.11. The van der Waals surface area contributed by atoms with Crippen LogP contribution in [0.3, 0.4) is 0 Å². The van der Waals surface area contributed by atoms with Crippen LogP contribution in [0.4, 0.5) is 4.79 Å². The second-order valence-electron chi connectivity index (χ2n) is 7.94. The molecule has 1 aliphatic carbocycles. The highest BCUT2D eigenvalue weighted by Crippen LogP contribution is 2.44. The van der Waals surface area contributed by atoms with E-state index in [0.717, 1.165) is 35.1 Å². The number of amides is 2. The van der Waals surface area contributed by atoms with E-state index in [4.69, 9.17) is 4.74 Å². The molecular weight excluding hydrogens is 396 g/mol. The number of hydrogen-bond acceptors (Lipinski definition) is 4. The van der Waals surface area contributed by atoms with Crippen LogP contribution >= 0.6 is 0 Å². The number of carbonyl (C=O) groups is 3. The Morgan fingerprint density at radius 2 is 1.65 bits per heavy atom. The van der Waals surface area contributed by atoms with E-state index in [0.29, 0.717) is 13.0 Å². The number of nitrogens with zero attached hydrogens (tertiary/aromatic N) is 1. The van der Waals surface area contributed by atoms with Gasteiger partial charge < -0.3 is 20.1 Å². The normalized spacial score (nSPS) is 17.5. The van der Waals surface area contributed by atoms with Crippen molar-refractivity contribution in [2.45, 2.75) is 37.6 Å². The molecule has 0 saturated carbocycles. The maximum absolute atomic E-state index is 12.4. The first kappa shape index (κ1) is 20.9. The van der Waals surface area contributed by atoms with Crippen LogP contribution in [0.25, 0.3) is 11.1 Å². The average molecular weight is 422 g/mol. The fourth-order valence-corrected chi connectivity index (χ4v) is 4.55. The van der Waals surface area contributed by atoms with Gasteiger partial charge in [-0.05, 0) is 41.5 Å². The van der Waals surface area contributed by atoms with E-state index in [2.05, 4.69) is 29.6 Å². The van der Waals surface area contributed by atoms with Crippen molar-refractivity contribution in [1.82, 2.24) is 10.2 Å². The van der Waals surface area contributed by atoms with Crippen molar-refractivity contribution in [2.24, 2.45) is 0 Å². The number of ether oxygens (including phenoxy) is 1. The molecule has 1 heterocycles. The fourth-order valence-electron chi connectivity index (χ4n) is 4.55. The molecule has 0 radical (unpaired) electrons. The number of rotatable bonds is 6. The monoisotopic (exact) mass is 422 g/mol. The molecule has 2 amide bonds. The Kier molecular flexibility index (Phi) is 6.21. The predicted molar refractivity (Wildman–Crippen MR) is 115 cm³/mol. The summed E-state index contributed by atoms with van der Waals surface area (Å²) in [6.07, 6.45) is 1.55. The second kappa shape index (κ2) is 9.20. The summed E-state index contributed by atoms with van der Waals surface area (Å²) >= 11 is 0. The van der Waals surface area contributed by atoms with Crippen LogP contribution in [0.15, 0.2) is 48.5 Å². The minimum absolute atomic E-state index is 0.0237. The molecule has 0 spiro atoms. The molecule has 2 N–H and O–H groups in total. The first-order valence-electron chi connectivity index (χ1n) is 10.7. The van der Waals surface area contributed by atoms with Crippen LogP contribution < -0.4 is 5.32 Å². The molecule has 1 aliphatic heterocycles. The molecule has 31 heavy (non-hydrogen) atoms. The van der Waals surface area contributed by atoms with E-state index >= 15 is 0 Å². The highest BCUT2D eigenvalue weighted by Gasteiger charge is 2.32. The van der Waals surface area contributed by atoms with Crippen LogP contribution in [0.1, 0.15) is 42.7 Å². The number of fused-ring (bicyclic) bond motifs is 3. The molecule has 7 heteroatoms. The van der Waals surface area contributed by atoms with Gasteiger partial charge in [-0.25, -0.2) is 9.59 Å². The molecular formula is C24H26N2O5. The Bertz CT molecular complexity index is 944. The van der Waals surface area contributed by atoms with Gasteiger partial charge in [-0.3, -0.25) is 4.79 Å². The molecule has 2 aliphatic rings. The molecule has 4 rings (SSSR count). The molecule has 1 saturated heterocycles. The van der Waals surface area contributed by atoms with E-state index < -0.39 is 18.1 Å². The van der Waals surface area contributed by atoms with Crippen LogP contribution in [-0.2, 0) is 14.3 Å². The second-order valence-corrected chi connectivity index (χ2v) is 7.94. The lowest BCUT2D eigenvalue weighted by Gasteiger charge is -2.33. The Hall–Kier alpha value is -3.35. The minimum atomic E-state index is -0.974. The van der Waals surface area contributed by atoms with Gasteiger partial charge in [0.1, 0.15) is 12.6 Å². The smallest absolute Gasteiger partial charge is 0.407 e. The number of aliphatic carboxylic acids is 1. The third-order valence-corrected chi connectivity index (χ3v) is 6.06. The van der Waals surface area contributed by atoms with Gasteiger partial charge in [0.25, 0.3) is 0 Å². The van der Waals surface area contributed by atoms with E-state index in [1.54, 1.807) is 0 Å². The number of carboxylic acid groups (broad SMARTS) is 1. The van der Waals surface area contributed by atoms with Crippen molar-refractivity contribution >= 4 is 18.0 Å². The van der Waals surface area contributed by atoms with E-state index in [9.17, 15) is 19.5 Å². The molecule has 1 atom stereocenters. The van der Waals surface area contributed by atoms with E-state index in [1.165, 1.54) is 4.90 Å². The molecule has 162 valence electrons. The van der Waals surface area contributed by atoms with Gasteiger partial charge in [-0.15, -0.1) is 0 Å². The van der Waals surface area contributed by atoms with Crippen molar-refractivity contribution in [2.75, 3.05) is 19.7 Å². The molecule has 2 aromatic rings. The Balaban J connectivity index is 1.28. The van der Waals surface area contributed by atoms with Crippen LogP contribution in [-0.4, -0.2) is 53.7 Å². The third kappa shape index (κ3) is 4.40. The van der Waals surface area contributed by atoms with E-state index in [-0.39, 0.29) is 31.4 Å². The summed E-state index contributed by atoms with van der Waals surface area (Å²) in [4.78, 5) is 37.4. The van der Waals surface area contributed by atoms with Crippen molar-refractivity contribution < 1.29 is 24.2 Å². The van der Waals surface area contributed by atoms with Gasteiger partial charge in [-0.2, -0.15) is 0 Å². The minimum Gasteiger partial charge on any atom is -0.480 e. The van der Waals surface area contributed by atoms with Crippen LogP contribution in [0, 0.1) is 0 Å². The molecule has 0 bridgehead atoms. The summed E-state index contributed by atoms with van der Waals surface area (Å²) in [6.45, 7) is 0.764. The van der Waals surface area contributed by atoms with Crippen LogP contribution in [0.2, 0.25) is 0 Å². The summed E-state index contributed by atoms with van der Waals surface area (Å²) in [5, 5.41) is 11.9. The van der Waals surface area contributed by atoms with Crippen molar-refractivity contribution in [3.63, 3.8) is 0 Å². The topological polar surface area (TPSA) is 95.9 Å².